The van der Waals surface area contributed by atoms with Gasteiger partial charge in [0.25, 0.3) is 0 Å². The second-order valence-corrected chi connectivity index (χ2v) is 11.3. The van der Waals surface area contributed by atoms with E-state index in [0.29, 0.717) is 0 Å². The predicted octanol–water partition coefficient (Wildman–Crippen LogP) is 9.02. The number of nitrogens with zero attached hydrogens (tertiary/aromatic N) is 2. The molecule has 1 aliphatic heterocycles. The fourth-order valence-corrected chi connectivity index (χ4v) is 6.59. The van der Waals surface area contributed by atoms with Crippen LogP contribution in [0, 0.1) is 0 Å². The first-order chi connectivity index (χ1) is 21.8. The van der Waals surface area contributed by atoms with Crippen molar-refractivity contribution >= 4 is 49.6 Å². The Kier molecular flexibility index (Phi) is 5.64. The highest BCUT2D eigenvalue weighted by atomic mass is 16.3. The third-order valence-corrected chi connectivity index (χ3v) is 8.69. The maximum absolute atomic E-state index is 6.53. The highest BCUT2D eigenvalue weighted by Crippen LogP contribution is 2.40. The van der Waals surface area contributed by atoms with Crippen LogP contribution < -0.4 is 10.6 Å². The highest BCUT2D eigenvalue weighted by Gasteiger charge is 2.26. The number of nitrogens with one attached hydrogen (secondary N) is 2. The van der Waals surface area contributed by atoms with Crippen LogP contribution in [0.4, 0.5) is 0 Å². The predicted molar refractivity (Wildman–Crippen MR) is 179 cm³/mol. The van der Waals surface area contributed by atoms with Crippen molar-refractivity contribution in [3.8, 4) is 5.69 Å². The van der Waals surface area contributed by atoms with Crippen LogP contribution in [0.1, 0.15) is 29.0 Å². The Morgan fingerprint density at radius 3 is 2.07 bits per heavy atom. The average molecular weight is 569 g/mol. The van der Waals surface area contributed by atoms with Crippen LogP contribution in [0.3, 0.4) is 0 Å². The number of amidine groups is 1. The number of rotatable bonds is 4. The van der Waals surface area contributed by atoms with Crippen LogP contribution in [0.2, 0.25) is 0 Å². The highest BCUT2D eigenvalue weighted by molar-refractivity contribution is 6.21. The van der Waals surface area contributed by atoms with Crippen molar-refractivity contribution in [3.05, 3.63) is 162 Å². The number of furan rings is 1. The van der Waals surface area contributed by atoms with Crippen molar-refractivity contribution in [2.75, 3.05) is 0 Å². The monoisotopic (exact) mass is 568 g/mol. The van der Waals surface area contributed by atoms with Gasteiger partial charge in [-0.15, -0.1) is 0 Å². The molecule has 0 spiro atoms. The molecule has 0 aliphatic carbocycles. The van der Waals surface area contributed by atoms with Gasteiger partial charge in [0, 0.05) is 32.8 Å². The normalized spacial score (nSPS) is 16.9. The minimum Gasteiger partial charge on any atom is -0.454 e. The Morgan fingerprint density at radius 2 is 1.25 bits per heavy atom. The first-order valence-electron chi connectivity index (χ1n) is 15.0. The first-order valence-corrected chi connectivity index (χ1v) is 15.0. The summed E-state index contributed by atoms with van der Waals surface area (Å²) in [6.45, 7) is 0. The largest absolute Gasteiger partial charge is 0.454 e. The van der Waals surface area contributed by atoms with Crippen LogP contribution in [-0.2, 0) is 0 Å². The van der Waals surface area contributed by atoms with Gasteiger partial charge in [0.2, 0.25) is 0 Å². The lowest BCUT2D eigenvalue weighted by atomic mass is 10.1. The minimum absolute atomic E-state index is 0.123. The lowest BCUT2D eigenvalue weighted by Crippen LogP contribution is -2.44. The zero-order valence-corrected chi connectivity index (χ0v) is 23.8. The molecule has 3 heterocycles. The topological polar surface area (TPSA) is 54.5 Å². The Morgan fingerprint density at radius 1 is 0.568 bits per heavy atom. The summed E-state index contributed by atoms with van der Waals surface area (Å²) in [5.74, 6) is 0.877. The molecule has 0 fully saturated rings. The SMILES string of the molecule is c1ccc(C2=NC(c3ccccc3)NC(c3ccc(-n4c5ccccc5c5ccc6c7ccccc7oc6c54)cc3)N2)cc1. The third-order valence-electron chi connectivity index (χ3n) is 8.69. The lowest BCUT2D eigenvalue weighted by Gasteiger charge is -2.32. The first kappa shape index (κ1) is 24.9. The summed E-state index contributed by atoms with van der Waals surface area (Å²) in [6.07, 6.45) is -0.293. The lowest BCUT2D eigenvalue weighted by molar-refractivity contribution is 0.409. The maximum atomic E-state index is 6.53. The van der Waals surface area contributed by atoms with Gasteiger partial charge in [-0.2, -0.15) is 0 Å². The second kappa shape index (κ2) is 9.97. The zero-order valence-electron chi connectivity index (χ0n) is 23.8. The van der Waals surface area contributed by atoms with Gasteiger partial charge < -0.3 is 14.3 Å². The van der Waals surface area contributed by atoms with E-state index in [1.807, 2.05) is 36.4 Å². The number of fused-ring (bicyclic) bond motifs is 7. The van der Waals surface area contributed by atoms with Crippen molar-refractivity contribution < 1.29 is 4.42 Å². The number of aliphatic imine (C=N–C) groups is 1. The Hall–Kier alpha value is -5.65. The number of hydrogen-bond donors (Lipinski definition) is 2. The van der Waals surface area contributed by atoms with Gasteiger partial charge in [-0.25, -0.2) is 4.99 Å². The number of para-hydroxylation sites is 2. The molecule has 210 valence electrons. The molecule has 9 rings (SSSR count). The van der Waals surface area contributed by atoms with Gasteiger partial charge >= 0.3 is 0 Å². The Labute approximate surface area is 254 Å². The molecular weight excluding hydrogens is 540 g/mol. The van der Waals surface area contributed by atoms with Crippen molar-refractivity contribution in [3.63, 3.8) is 0 Å². The number of hydrogen-bond acceptors (Lipinski definition) is 4. The van der Waals surface area contributed by atoms with Crippen LogP contribution in [-0.4, -0.2) is 10.4 Å². The van der Waals surface area contributed by atoms with Crippen LogP contribution in [0.15, 0.2) is 155 Å². The summed E-state index contributed by atoms with van der Waals surface area (Å²) in [5.41, 5.74) is 8.47. The molecule has 0 amide bonds. The van der Waals surface area contributed by atoms with E-state index < -0.39 is 0 Å². The van der Waals surface area contributed by atoms with E-state index in [1.54, 1.807) is 0 Å². The molecule has 0 saturated carbocycles. The fraction of sp³-hybridized carbons (Fsp3) is 0.0513. The molecule has 5 heteroatoms. The van der Waals surface area contributed by atoms with Crippen LogP contribution >= 0.6 is 0 Å². The third kappa shape index (κ3) is 3.94. The molecule has 5 nitrogen and oxygen atoms in total. The summed E-state index contributed by atoms with van der Waals surface area (Å²) in [6, 6.07) is 50.8. The summed E-state index contributed by atoms with van der Waals surface area (Å²) in [4.78, 5) is 5.05. The zero-order chi connectivity index (χ0) is 29.0. The molecule has 1 aliphatic rings. The quantitative estimate of drug-likeness (QED) is 0.223. The summed E-state index contributed by atoms with van der Waals surface area (Å²) < 4.78 is 8.87. The van der Waals surface area contributed by atoms with Gasteiger partial charge in [0.05, 0.1) is 11.0 Å². The van der Waals surface area contributed by atoms with E-state index in [1.165, 1.54) is 10.8 Å². The van der Waals surface area contributed by atoms with E-state index in [4.69, 9.17) is 9.41 Å². The van der Waals surface area contributed by atoms with Crippen molar-refractivity contribution in [2.24, 2.45) is 4.99 Å². The maximum Gasteiger partial charge on any atom is 0.160 e. The van der Waals surface area contributed by atoms with E-state index >= 15 is 0 Å². The standard InChI is InChI=1S/C39H28N4O/c1-3-11-25(12-4-1)37-40-38(26-13-5-2-6-14-26)42-39(41-37)27-19-21-28(22-20-27)43-33-17-9-7-15-29(33)31-23-24-32-30-16-8-10-18-34(30)44-36(32)35(31)43/h1-24,37,39,41H,(H,40,42). The van der Waals surface area contributed by atoms with Crippen LogP contribution in [0.5, 0.6) is 0 Å². The molecule has 6 aromatic carbocycles. The number of benzene rings is 6. The molecular formula is C39H28N4O. The summed E-state index contributed by atoms with van der Waals surface area (Å²) in [7, 11) is 0. The second-order valence-electron chi connectivity index (χ2n) is 11.3. The van der Waals surface area contributed by atoms with Gasteiger partial charge in [0.15, 0.2) is 5.58 Å². The van der Waals surface area contributed by atoms with Crippen LogP contribution in [0.25, 0.3) is 49.4 Å². The molecule has 2 atom stereocenters. The molecule has 2 aromatic heterocycles. The van der Waals surface area contributed by atoms with Gasteiger partial charge in [-0.05, 0) is 41.5 Å². The molecule has 2 N–H and O–H groups in total. The van der Waals surface area contributed by atoms with Crippen molar-refractivity contribution in [1.29, 1.82) is 0 Å². The van der Waals surface area contributed by atoms with E-state index in [0.717, 1.165) is 61.2 Å². The fourth-order valence-electron chi connectivity index (χ4n) is 6.59. The van der Waals surface area contributed by atoms with Crippen molar-refractivity contribution in [1.82, 2.24) is 15.2 Å². The average Bonchev–Trinajstić information content (AvgIpc) is 3.65. The van der Waals surface area contributed by atoms with E-state index in [2.05, 4.69) is 124 Å². The van der Waals surface area contributed by atoms with Gasteiger partial charge in [0.1, 0.15) is 23.8 Å². The molecule has 44 heavy (non-hydrogen) atoms. The summed E-state index contributed by atoms with van der Waals surface area (Å²) >= 11 is 0. The molecule has 0 saturated heterocycles. The smallest absolute Gasteiger partial charge is 0.160 e. The van der Waals surface area contributed by atoms with E-state index in [9.17, 15) is 0 Å². The molecule has 0 radical (unpaired) electrons. The molecule has 0 bridgehead atoms. The van der Waals surface area contributed by atoms with Gasteiger partial charge in [-0.1, -0.05) is 115 Å². The molecule has 8 aromatic rings. The number of aromatic nitrogens is 1. The summed E-state index contributed by atoms with van der Waals surface area (Å²) in [5, 5.41) is 12.0. The van der Waals surface area contributed by atoms with Gasteiger partial charge in [-0.3, -0.25) is 5.32 Å². The minimum atomic E-state index is -0.170. The Balaban J connectivity index is 1.16. The van der Waals surface area contributed by atoms with Crippen molar-refractivity contribution in [2.45, 2.75) is 12.3 Å². The molecule has 2 unspecified atom stereocenters. The Bertz CT molecular complexity index is 2330. The van der Waals surface area contributed by atoms with E-state index in [-0.39, 0.29) is 12.3 Å².